The van der Waals surface area contributed by atoms with E-state index in [1.165, 1.54) is 19.3 Å². The second-order valence-electron chi connectivity index (χ2n) is 5.60. The molecule has 100 valence electrons. The summed E-state index contributed by atoms with van der Waals surface area (Å²) < 4.78 is 7.20. The van der Waals surface area contributed by atoms with E-state index in [0.29, 0.717) is 11.7 Å². The molecular formula is C13H17N5O. The number of hydrogen-bond donors (Lipinski definition) is 1. The molecule has 2 aliphatic rings. The van der Waals surface area contributed by atoms with Crippen LogP contribution in [0.2, 0.25) is 0 Å². The van der Waals surface area contributed by atoms with E-state index >= 15 is 0 Å². The van der Waals surface area contributed by atoms with Gasteiger partial charge in [-0.15, -0.1) is 0 Å². The first-order valence-electron chi connectivity index (χ1n) is 6.87. The van der Waals surface area contributed by atoms with Crippen molar-refractivity contribution in [3.05, 3.63) is 18.3 Å². The first kappa shape index (κ1) is 11.2. The summed E-state index contributed by atoms with van der Waals surface area (Å²) >= 11 is 0. The van der Waals surface area contributed by atoms with Crippen LogP contribution in [0.1, 0.15) is 31.2 Å². The first-order chi connectivity index (χ1) is 9.31. The molecule has 0 bridgehead atoms. The number of nitrogens with one attached hydrogen (secondary N) is 1. The summed E-state index contributed by atoms with van der Waals surface area (Å²) in [5, 5.41) is 11.7. The summed E-state index contributed by atoms with van der Waals surface area (Å²) in [7, 11) is 1.88. The predicted octanol–water partition coefficient (Wildman–Crippen LogP) is 1.53. The Labute approximate surface area is 111 Å². The van der Waals surface area contributed by atoms with Gasteiger partial charge in [0.15, 0.2) is 0 Å². The Morgan fingerprint density at radius 2 is 2.37 bits per heavy atom. The molecule has 6 heteroatoms. The zero-order valence-corrected chi connectivity index (χ0v) is 10.9. The molecule has 1 saturated heterocycles. The van der Waals surface area contributed by atoms with Crippen molar-refractivity contribution in [1.82, 2.24) is 25.2 Å². The second kappa shape index (κ2) is 4.16. The third-order valence-corrected chi connectivity index (χ3v) is 4.42. The van der Waals surface area contributed by atoms with Crippen LogP contribution in [0.25, 0.3) is 11.4 Å². The van der Waals surface area contributed by atoms with E-state index in [0.717, 1.165) is 23.9 Å². The summed E-state index contributed by atoms with van der Waals surface area (Å²) in [6, 6.07) is 0.241. The maximum Gasteiger partial charge on any atom is 0.244 e. The number of aryl methyl sites for hydroxylation is 1. The van der Waals surface area contributed by atoms with E-state index < -0.39 is 0 Å². The van der Waals surface area contributed by atoms with E-state index in [-0.39, 0.29) is 6.04 Å². The molecule has 2 aromatic rings. The molecule has 2 fully saturated rings. The van der Waals surface area contributed by atoms with Gasteiger partial charge in [0, 0.05) is 13.2 Å². The number of fused-ring (bicyclic) bond motifs is 1. The smallest absolute Gasteiger partial charge is 0.244 e. The standard InChI is InChI=1S/C13H17N5O/c1-18-7-9(6-15-18)12-16-13(19-17-12)11-10-4-2-3-8(10)5-14-11/h6-8,10-11,14H,2-5H2,1H3. The van der Waals surface area contributed by atoms with Crippen molar-refractivity contribution in [3.63, 3.8) is 0 Å². The van der Waals surface area contributed by atoms with Crippen LogP contribution in [-0.4, -0.2) is 26.5 Å². The zero-order valence-electron chi connectivity index (χ0n) is 10.9. The van der Waals surface area contributed by atoms with E-state index in [9.17, 15) is 0 Å². The molecule has 1 aliphatic heterocycles. The zero-order chi connectivity index (χ0) is 12.8. The monoisotopic (exact) mass is 259 g/mol. The van der Waals surface area contributed by atoms with Gasteiger partial charge in [0.2, 0.25) is 11.7 Å². The molecule has 4 rings (SSSR count). The summed E-state index contributed by atoms with van der Waals surface area (Å²) in [6.45, 7) is 1.08. The minimum atomic E-state index is 0.241. The highest BCUT2D eigenvalue weighted by atomic mass is 16.5. The van der Waals surface area contributed by atoms with Crippen molar-refractivity contribution in [1.29, 1.82) is 0 Å². The molecule has 3 heterocycles. The third kappa shape index (κ3) is 1.78. The van der Waals surface area contributed by atoms with Crippen molar-refractivity contribution in [2.24, 2.45) is 18.9 Å². The number of rotatable bonds is 2. The molecule has 3 unspecified atom stereocenters. The van der Waals surface area contributed by atoms with Gasteiger partial charge < -0.3 is 9.84 Å². The molecular weight excluding hydrogens is 242 g/mol. The molecule has 1 saturated carbocycles. The molecule has 6 nitrogen and oxygen atoms in total. The van der Waals surface area contributed by atoms with E-state index in [2.05, 4.69) is 20.6 Å². The quantitative estimate of drug-likeness (QED) is 0.885. The lowest BCUT2D eigenvalue weighted by Crippen LogP contribution is -2.18. The van der Waals surface area contributed by atoms with Gasteiger partial charge in [-0.05, 0) is 31.2 Å². The average molecular weight is 259 g/mol. The third-order valence-electron chi connectivity index (χ3n) is 4.42. The molecule has 3 atom stereocenters. The van der Waals surface area contributed by atoms with Crippen LogP contribution in [0, 0.1) is 11.8 Å². The highest BCUT2D eigenvalue weighted by Crippen LogP contribution is 2.44. The highest BCUT2D eigenvalue weighted by molar-refractivity contribution is 5.51. The lowest BCUT2D eigenvalue weighted by molar-refractivity contribution is 0.302. The molecule has 1 N–H and O–H groups in total. The highest BCUT2D eigenvalue weighted by Gasteiger charge is 2.42. The molecule has 0 amide bonds. The second-order valence-corrected chi connectivity index (χ2v) is 5.60. The van der Waals surface area contributed by atoms with Crippen molar-refractivity contribution in [2.75, 3.05) is 6.54 Å². The van der Waals surface area contributed by atoms with Crippen LogP contribution in [0.5, 0.6) is 0 Å². The molecule has 2 aromatic heterocycles. The van der Waals surface area contributed by atoms with Crippen LogP contribution >= 0.6 is 0 Å². The van der Waals surface area contributed by atoms with E-state index in [4.69, 9.17) is 4.52 Å². The minimum Gasteiger partial charge on any atom is -0.337 e. The minimum absolute atomic E-state index is 0.241. The Bertz CT molecular complexity index is 589. The normalized spacial score (nSPS) is 29.8. The number of hydrogen-bond acceptors (Lipinski definition) is 5. The van der Waals surface area contributed by atoms with Gasteiger partial charge in [0.1, 0.15) is 0 Å². The van der Waals surface area contributed by atoms with Crippen molar-refractivity contribution in [2.45, 2.75) is 25.3 Å². The SMILES string of the molecule is Cn1cc(-c2noc(C3NCC4CCCC43)n2)cn1. The van der Waals surface area contributed by atoms with Crippen LogP contribution < -0.4 is 5.32 Å². The molecule has 0 aromatic carbocycles. The Kier molecular flexibility index (Phi) is 2.44. The van der Waals surface area contributed by atoms with Gasteiger partial charge >= 0.3 is 0 Å². The summed E-state index contributed by atoms with van der Waals surface area (Å²) in [4.78, 5) is 4.54. The topological polar surface area (TPSA) is 68.8 Å². The van der Waals surface area contributed by atoms with Gasteiger partial charge in [-0.1, -0.05) is 11.6 Å². The van der Waals surface area contributed by atoms with Crippen LogP contribution in [-0.2, 0) is 7.05 Å². The maximum absolute atomic E-state index is 5.46. The van der Waals surface area contributed by atoms with Gasteiger partial charge in [0.05, 0.1) is 17.8 Å². The van der Waals surface area contributed by atoms with Crippen molar-refractivity contribution < 1.29 is 4.52 Å². The summed E-state index contributed by atoms with van der Waals surface area (Å²) in [6.07, 6.45) is 7.59. The van der Waals surface area contributed by atoms with E-state index in [1.54, 1.807) is 10.9 Å². The summed E-state index contributed by atoms with van der Waals surface area (Å²) in [5.74, 6) is 2.82. The lowest BCUT2D eigenvalue weighted by Gasteiger charge is -2.13. The van der Waals surface area contributed by atoms with Crippen molar-refractivity contribution >= 4 is 0 Å². The van der Waals surface area contributed by atoms with Gasteiger partial charge in [0.25, 0.3) is 0 Å². The predicted molar refractivity (Wildman–Crippen MR) is 68.1 cm³/mol. The first-order valence-corrected chi connectivity index (χ1v) is 6.87. The maximum atomic E-state index is 5.46. The fourth-order valence-corrected chi connectivity index (χ4v) is 3.47. The number of aromatic nitrogens is 4. The van der Waals surface area contributed by atoms with Gasteiger partial charge in [-0.2, -0.15) is 10.1 Å². The van der Waals surface area contributed by atoms with E-state index in [1.807, 2.05) is 13.2 Å². The van der Waals surface area contributed by atoms with Crippen LogP contribution in [0.3, 0.4) is 0 Å². The van der Waals surface area contributed by atoms with Crippen LogP contribution in [0.15, 0.2) is 16.9 Å². The molecule has 1 aliphatic carbocycles. The number of nitrogens with zero attached hydrogens (tertiary/aromatic N) is 4. The summed E-state index contributed by atoms with van der Waals surface area (Å²) in [5.41, 5.74) is 0.901. The fourth-order valence-electron chi connectivity index (χ4n) is 3.47. The van der Waals surface area contributed by atoms with Crippen LogP contribution in [0.4, 0.5) is 0 Å². The Morgan fingerprint density at radius 3 is 3.21 bits per heavy atom. The molecule has 0 spiro atoms. The lowest BCUT2D eigenvalue weighted by atomic mass is 9.94. The Balaban J connectivity index is 1.61. The fraction of sp³-hybridized carbons (Fsp3) is 0.615. The van der Waals surface area contributed by atoms with Gasteiger partial charge in [-0.3, -0.25) is 4.68 Å². The molecule has 19 heavy (non-hydrogen) atoms. The van der Waals surface area contributed by atoms with Crippen molar-refractivity contribution in [3.8, 4) is 11.4 Å². The Hall–Kier alpha value is -1.69. The average Bonchev–Trinajstić information content (AvgIpc) is 3.11. The largest absolute Gasteiger partial charge is 0.337 e. The molecule has 0 radical (unpaired) electrons. The van der Waals surface area contributed by atoms with Gasteiger partial charge in [-0.25, -0.2) is 0 Å². The Morgan fingerprint density at radius 1 is 1.42 bits per heavy atom.